The van der Waals surface area contributed by atoms with Crippen molar-refractivity contribution < 1.29 is 18.4 Å². The molecular formula is C11H11F2NO2. The summed E-state index contributed by atoms with van der Waals surface area (Å²) in [7, 11) is 0. The van der Waals surface area contributed by atoms with Gasteiger partial charge in [-0.2, -0.15) is 0 Å². The molecule has 0 aliphatic heterocycles. The summed E-state index contributed by atoms with van der Waals surface area (Å²) in [6, 6.07) is 5.21. The minimum absolute atomic E-state index is 0.107. The molecule has 0 atom stereocenters. The lowest BCUT2D eigenvalue weighted by Crippen LogP contribution is -2.14. The Bertz CT molecular complexity index is 387. The SMILES string of the molecule is CC(=O)CC(=O)Nc1ccc(C(F)F)cc1. The standard InChI is InChI=1S/C11H11F2NO2/c1-7(15)6-10(16)14-9-4-2-8(3-5-9)11(12)13/h2-5,11H,6H2,1H3,(H,14,16). The van der Waals surface area contributed by atoms with E-state index in [1.165, 1.54) is 31.2 Å². The Labute approximate surface area is 91.5 Å². The maximum absolute atomic E-state index is 12.2. The fraction of sp³-hybridized carbons (Fsp3) is 0.273. The highest BCUT2D eigenvalue weighted by molar-refractivity contribution is 6.03. The first-order valence-corrected chi connectivity index (χ1v) is 4.66. The second kappa shape index (κ2) is 5.34. The van der Waals surface area contributed by atoms with Crippen LogP contribution in [0.25, 0.3) is 0 Å². The first-order chi connectivity index (χ1) is 7.49. The Morgan fingerprint density at radius 3 is 2.25 bits per heavy atom. The summed E-state index contributed by atoms with van der Waals surface area (Å²) >= 11 is 0. The van der Waals surface area contributed by atoms with Gasteiger partial charge in [-0.25, -0.2) is 8.78 Å². The van der Waals surface area contributed by atoms with Gasteiger partial charge in [0.15, 0.2) is 0 Å². The van der Waals surface area contributed by atoms with Gasteiger partial charge in [0, 0.05) is 11.3 Å². The van der Waals surface area contributed by atoms with Gasteiger partial charge in [-0.15, -0.1) is 0 Å². The number of anilines is 1. The van der Waals surface area contributed by atoms with Crippen LogP contribution in [0.5, 0.6) is 0 Å². The molecule has 86 valence electrons. The van der Waals surface area contributed by atoms with Gasteiger partial charge in [-0.05, 0) is 19.1 Å². The number of alkyl halides is 2. The van der Waals surface area contributed by atoms with Crippen molar-refractivity contribution in [3.05, 3.63) is 29.8 Å². The fourth-order valence-electron chi connectivity index (χ4n) is 1.14. The van der Waals surface area contributed by atoms with Crippen molar-refractivity contribution in [3.63, 3.8) is 0 Å². The molecule has 0 saturated heterocycles. The molecule has 0 aromatic heterocycles. The monoisotopic (exact) mass is 227 g/mol. The molecule has 3 nitrogen and oxygen atoms in total. The van der Waals surface area contributed by atoms with Crippen molar-refractivity contribution in [2.24, 2.45) is 0 Å². The van der Waals surface area contributed by atoms with Crippen LogP contribution in [0.15, 0.2) is 24.3 Å². The van der Waals surface area contributed by atoms with Crippen molar-refractivity contribution in [1.29, 1.82) is 0 Å². The first-order valence-electron chi connectivity index (χ1n) is 4.66. The number of ketones is 1. The number of amides is 1. The van der Waals surface area contributed by atoms with Crippen molar-refractivity contribution in [2.45, 2.75) is 19.8 Å². The zero-order valence-corrected chi connectivity index (χ0v) is 8.67. The number of benzene rings is 1. The quantitative estimate of drug-likeness (QED) is 0.803. The summed E-state index contributed by atoms with van der Waals surface area (Å²) in [5, 5.41) is 2.43. The number of carbonyl (C=O) groups excluding carboxylic acids is 2. The smallest absolute Gasteiger partial charge is 0.263 e. The van der Waals surface area contributed by atoms with Crippen LogP contribution in [0.1, 0.15) is 25.3 Å². The van der Waals surface area contributed by atoms with Crippen molar-refractivity contribution in [1.82, 2.24) is 0 Å². The topological polar surface area (TPSA) is 46.2 Å². The molecule has 1 amide bonds. The zero-order valence-electron chi connectivity index (χ0n) is 8.67. The van der Waals surface area contributed by atoms with E-state index in [0.717, 1.165) is 0 Å². The molecular weight excluding hydrogens is 216 g/mol. The average Bonchev–Trinajstić information content (AvgIpc) is 2.16. The van der Waals surface area contributed by atoms with Crippen LogP contribution in [0.4, 0.5) is 14.5 Å². The molecule has 0 fully saturated rings. The highest BCUT2D eigenvalue weighted by Gasteiger charge is 2.08. The van der Waals surface area contributed by atoms with E-state index in [2.05, 4.69) is 5.32 Å². The van der Waals surface area contributed by atoms with E-state index in [0.29, 0.717) is 5.69 Å². The molecule has 1 rings (SSSR count). The Morgan fingerprint density at radius 1 is 1.25 bits per heavy atom. The molecule has 1 N–H and O–H groups in total. The number of rotatable bonds is 4. The third-order valence-corrected chi connectivity index (χ3v) is 1.86. The van der Waals surface area contributed by atoms with E-state index in [-0.39, 0.29) is 17.8 Å². The summed E-state index contributed by atoms with van der Waals surface area (Å²) in [5.74, 6) is -0.695. The number of hydrogen-bond acceptors (Lipinski definition) is 2. The molecule has 1 aromatic rings. The number of carbonyl (C=O) groups is 2. The second-order valence-corrected chi connectivity index (χ2v) is 3.35. The lowest BCUT2D eigenvalue weighted by Gasteiger charge is -2.05. The number of nitrogens with one attached hydrogen (secondary N) is 1. The van der Waals surface area contributed by atoms with Gasteiger partial charge >= 0.3 is 0 Å². The highest BCUT2D eigenvalue weighted by Crippen LogP contribution is 2.20. The van der Waals surface area contributed by atoms with Crippen molar-refractivity contribution >= 4 is 17.4 Å². The Morgan fingerprint density at radius 2 is 1.81 bits per heavy atom. The number of hydrogen-bond donors (Lipinski definition) is 1. The molecule has 16 heavy (non-hydrogen) atoms. The molecule has 0 saturated carbocycles. The van der Waals surface area contributed by atoms with Crippen LogP contribution in [-0.4, -0.2) is 11.7 Å². The molecule has 1 aromatic carbocycles. The van der Waals surface area contributed by atoms with E-state index in [4.69, 9.17) is 0 Å². The first kappa shape index (κ1) is 12.3. The van der Waals surface area contributed by atoms with Gasteiger partial charge in [-0.3, -0.25) is 9.59 Å². The molecule has 0 aliphatic carbocycles. The third kappa shape index (κ3) is 3.76. The summed E-state index contributed by atoms with van der Waals surface area (Å²) in [6.45, 7) is 1.31. The third-order valence-electron chi connectivity index (χ3n) is 1.86. The Kier molecular flexibility index (Phi) is 4.10. The Balaban J connectivity index is 2.62. The highest BCUT2D eigenvalue weighted by atomic mass is 19.3. The van der Waals surface area contributed by atoms with E-state index >= 15 is 0 Å². The van der Waals surface area contributed by atoms with Crippen molar-refractivity contribution in [3.8, 4) is 0 Å². The molecule has 0 radical (unpaired) electrons. The average molecular weight is 227 g/mol. The molecule has 0 bridgehead atoms. The van der Waals surface area contributed by atoms with E-state index in [9.17, 15) is 18.4 Å². The van der Waals surface area contributed by atoms with E-state index < -0.39 is 12.3 Å². The normalized spacial score (nSPS) is 10.2. The lowest BCUT2D eigenvalue weighted by atomic mass is 10.2. The molecule has 5 heteroatoms. The largest absolute Gasteiger partial charge is 0.326 e. The van der Waals surface area contributed by atoms with Gasteiger partial charge < -0.3 is 5.32 Å². The summed E-state index contributed by atoms with van der Waals surface area (Å²) in [4.78, 5) is 21.8. The van der Waals surface area contributed by atoms with Gasteiger partial charge in [0.2, 0.25) is 5.91 Å². The van der Waals surface area contributed by atoms with Gasteiger partial charge in [0.05, 0.1) is 6.42 Å². The zero-order chi connectivity index (χ0) is 12.1. The summed E-state index contributed by atoms with van der Waals surface area (Å²) < 4.78 is 24.4. The summed E-state index contributed by atoms with van der Waals surface area (Å²) in [5.41, 5.74) is 0.292. The van der Waals surface area contributed by atoms with Crippen LogP contribution in [0.2, 0.25) is 0 Å². The van der Waals surface area contributed by atoms with E-state index in [1.54, 1.807) is 0 Å². The van der Waals surface area contributed by atoms with Gasteiger partial charge in [0.25, 0.3) is 6.43 Å². The van der Waals surface area contributed by atoms with Crippen molar-refractivity contribution in [2.75, 3.05) is 5.32 Å². The van der Waals surface area contributed by atoms with Crippen LogP contribution >= 0.6 is 0 Å². The van der Waals surface area contributed by atoms with Crippen LogP contribution in [-0.2, 0) is 9.59 Å². The van der Waals surface area contributed by atoms with E-state index in [1.807, 2.05) is 0 Å². The number of halogens is 2. The van der Waals surface area contributed by atoms with Crippen LogP contribution < -0.4 is 5.32 Å². The predicted molar refractivity (Wildman–Crippen MR) is 55.3 cm³/mol. The minimum atomic E-state index is -2.53. The fourth-order valence-corrected chi connectivity index (χ4v) is 1.14. The Hall–Kier alpha value is -1.78. The maximum atomic E-state index is 12.2. The predicted octanol–water partition coefficient (Wildman–Crippen LogP) is 2.54. The molecule has 0 heterocycles. The molecule has 0 spiro atoms. The maximum Gasteiger partial charge on any atom is 0.263 e. The number of Topliss-reactive ketones (excluding diaryl/α,β-unsaturated/α-hetero) is 1. The lowest BCUT2D eigenvalue weighted by molar-refractivity contribution is -0.124. The minimum Gasteiger partial charge on any atom is -0.326 e. The van der Waals surface area contributed by atoms with Crippen LogP contribution in [0, 0.1) is 0 Å². The van der Waals surface area contributed by atoms with Gasteiger partial charge in [0.1, 0.15) is 5.78 Å². The molecule has 0 aliphatic rings. The van der Waals surface area contributed by atoms with Crippen LogP contribution in [0.3, 0.4) is 0 Å². The second-order valence-electron chi connectivity index (χ2n) is 3.35. The molecule has 0 unspecified atom stereocenters. The summed E-state index contributed by atoms with van der Waals surface area (Å²) in [6.07, 6.45) is -2.74. The van der Waals surface area contributed by atoms with Gasteiger partial charge in [-0.1, -0.05) is 12.1 Å².